The van der Waals surface area contributed by atoms with Crippen LogP contribution in [-0.2, 0) is 11.3 Å². The molecule has 0 saturated heterocycles. The fourth-order valence-corrected chi connectivity index (χ4v) is 4.92. The van der Waals surface area contributed by atoms with E-state index >= 15 is 0 Å². The van der Waals surface area contributed by atoms with Crippen LogP contribution >= 0.6 is 11.3 Å². The fourth-order valence-electron chi connectivity index (χ4n) is 3.75. The first-order chi connectivity index (χ1) is 14.3. The zero-order valence-electron chi connectivity index (χ0n) is 16.3. The Morgan fingerprint density at radius 3 is 2.47 bits per heavy atom. The van der Waals surface area contributed by atoms with Crippen LogP contribution in [0.25, 0.3) is 10.3 Å². The van der Waals surface area contributed by atoms with Crippen LogP contribution in [0.1, 0.15) is 58.5 Å². The minimum Gasteiger partial charge on any atom is -0.455 e. The molecular weight excluding hydrogens is 415 g/mol. The van der Waals surface area contributed by atoms with E-state index < -0.39 is 18.1 Å². The second kappa shape index (κ2) is 8.29. The minimum absolute atomic E-state index is 0.0113. The summed E-state index contributed by atoms with van der Waals surface area (Å²) >= 11 is 1.39. The largest absolute Gasteiger partial charge is 0.455 e. The van der Waals surface area contributed by atoms with Crippen LogP contribution in [0.5, 0.6) is 0 Å². The van der Waals surface area contributed by atoms with Crippen LogP contribution in [0.4, 0.5) is 13.2 Å². The lowest BCUT2D eigenvalue weighted by molar-refractivity contribution is -0.182. The first kappa shape index (κ1) is 20.7. The number of hydrogen-bond donors (Lipinski definition) is 0. The van der Waals surface area contributed by atoms with Gasteiger partial charge in [0.25, 0.3) is 0 Å². The molecule has 5 nitrogen and oxygen atoms in total. The van der Waals surface area contributed by atoms with Gasteiger partial charge in [-0.3, -0.25) is 0 Å². The molecule has 0 aliphatic heterocycles. The summed E-state index contributed by atoms with van der Waals surface area (Å²) in [5.41, 5.74) is 1.51. The Hall–Kier alpha value is -2.55. The third kappa shape index (κ3) is 4.45. The number of benzene rings is 1. The summed E-state index contributed by atoms with van der Waals surface area (Å²) in [4.78, 5) is 26.3. The third-order valence-electron chi connectivity index (χ3n) is 5.35. The molecule has 3 aromatic rings. The Kier molecular flexibility index (Phi) is 5.73. The van der Waals surface area contributed by atoms with E-state index in [0.29, 0.717) is 40.3 Å². The molecule has 0 amide bonds. The van der Waals surface area contributed by atoms with Gasteiger partial charge < -0.3 is 4.74 Å². The van der Waals surface area contributed by atoms with Crippen molar-refractivity contribution in [2.24, 2.45) is 5.92 Å². The number of rotatable bonds is 4. The molecule has 1 aliphatic carbocycles. The molecule has 0 spiro atoms. The van der Waals surface area contributed by atoms with Crippen LogP contribution in [0, 0.1) is 12.8 Å². The van der Waals surface area contributed by atoms with Crippen LogP contribution < -0.4 is 0 Å². The highest BCUT2D eigenvalue weighted by molar-refractivity contribution is 7.18. The van der Waals surface area contributed by atoms with E-state index in [4.69, 9.17) is 4.74 Å². The van der Waals surface area contributed by atoms with Gasteiger partial charge in [-0.2, -0.15) is 13.2 Å². The molecule has 1 aromatic carbocycles. The number of esters is 1. The maximum atomic E-state index is 12.9. The molecule has 0 N–H and O–H groups in total. The highest BCUT2D eigenvalue weighted by Crippen LogP contribution is 2.44. The molecule has 0 unspecified atom stereocenters. The number of halogens is 3. The standard InChI is InChI=1S/C21H20F3N3O2S/c1-12-25-16(11-29-20(28)14-5-3-2-4-6-14)17-19(26-12)30-18(27-17)13-7-9-15(10-8-13)21(22,23)24/h2-6,13,15H,7-11H2,1H3. The van der Waals surface area contributed by atoms with Gasteiger partial charge in [-0.15, -0.1) is 0 Å². The number of aromatic nitrogens is 3. The average Bonchev–Trinajstić information content (AvgIpc) is 3.16. The van der Waals surface area contributed by atoms with Crippen LogP contribution in [0.15, 0.2) is 30.3 Å². The Labute approximate surface area is 175 Å². The number of aryl methyl sites for hydroxylation is 1. The number of thiazole rings is 1. The Bertz CT molecular complexity index is 1040. The van der Waals surface area contributed by atoms with Gasteiger partial charge in [0.2, 0.25) is 0 Å². The van der Waals surface area contributed by atoms with Crippen molar-refractivity contribution in [2.75, 3.05) is 0 Å². The Morgan fingerprint density at radius 1 is 1.10 bits per heavy atom. The maximum absolute atomic E-state index is 12.9. The molecule has 2 aromatic heterocycles. The van der Waals surface area contributed by atoms with E-state index in [-0.39, 0.29) is 25.4 Å². The van der Waals surface area contributed by atoms with Gasteiger partial charge >= 0.3 is 12.1 Å². The molecule has 158 valence electrons. The molecule has 2 heterocycles. The zero-order valence-corrected chi connectivity index (χ0v) is 17.1. The van der Waals surface area contributed by atoms with E-state index in [9.17, 15) is 18.0 Å². The van der Waals surface area contributed by atoms with Gasteiger partial charge in [0, 0.05) is 5.92 Å². The summed E-state index contributed by atoms with van der Waals surface area (Å²) in [7, 11) is 0. The highest BCUT2D eigenvalue weighted by Gasteiger charge is 2.42. The number of fused-ring (bicyclic) bond motifs is 1. The first-order valence-corrected chi connectivity index (χ1v) is 10.6. The van der Waals surface area contributed by atoms with Gasteiger partial charge in [0.1, 0.15) is 28.5 Å². The van der Waals surface area contributed by atoms with Crippen LogP contribution in [-0.4, -0.2) is 27.1 Å². The topological polar surface area (TPSA) is 65.0 Å². The average molecular weight is 435 g/mol. The second-order valence-electron chi connectivity index (χ2n) is 7.46. The van der Waals surface area contributed by atoms with E-state index in [1.54, 1.807) is 31.2 Å². The minimum atomic E-state index is -4.13. The number of carbonyl (C=O) groups excluding carboxylic acids is 1. The molecule has 1 aliphatic rings. The quantitative estimate of drug-likeness (QED) is 0.500. The highest BCUT2D eigenvalue weighted by atomic mass is 32.1. The smallest absolute Gasteiger partial charge is 0.391 e. The second-order valence-corrected chi connectivity index (χ2v) is 8.46. The van der Waals surface area contributed by atoms with Gasteiger partial charge in [-0.25, -0.2) is 19.7 Å². The summed E-state index contributed by atoms with van der Waals surface area (Å²) < 4.78 is 44.2. The molecule has 0 radical (unpaired) electrons. The number of ether oxygens (including phenoxy) is 1. The van der Waals surface area contributed by atoms with Crippen molar-refractivity contribution in [3.8, 4) is 0 Å². The van der Waals surface area contributed by atoms with Gasteiger partial charge in [-0.05, 0) is 44.7 Å². The molecule has 4 rings (SSSR count). The van der Waals surface area contributed by atoms with Gasteiger partial charge in [0.15, 0.2) is 0 Å². The van der Waals surface area contributed by atoms with Crippen LogP contribution in [0.2, 0.25) is 0 Å². The summed E-state index contributed by atoms with van der Waals surface area (Å²) in [6.07, 6.45) is -2.98. The van der Waals surface area contributed by atoms with Gasteiger partial charge in [-0.1, -0.05) is 29.5 Å². The first-order valence-electron chi connectivity index (χ1n) is 9.74. The summed E-state index contributed by atoms with van der Waals surface area (Å²) in [5, 5.41) is 0.779. The SMILES string of the molecule is Cc1nc(COC(=O)c2ccccc2)c2nc(C3CCC(C(F)(F)F)CC3)sc2n1. The lowest BCUT2D eigenvalue weighted by Gasteiger charge is -2.28. The summed E-state index contributed by atoms with van der Waals surface area (Å²) in [6.45, 7) is 1.70. The summed E-state index contributed by atoms with van der Waals surface area (Å²) in [6, 6.07) is 8.66. The van der Waals surface area contributed by atoms with Crippen molar-refractivity contribution in [3.05, 3.63) is 52.4 Å². The number of nitrogens with zero attached hydrogens (tertiary/aromatic N) is 3. The lowest BCUT2D eigenvalue weighted by Crippen LogP contribution is -2.27. The maximum Gasteiger partial charge on any atom is 0.391 e. The van der Waals surface area contributed by atoms with Crippen molar-refractivity contribution in [3.63, 3.8) is 0 Å². The lowest BCUT2D eigenvalue weighted by atomic mass is 9.82. The normalized spacial score (nSPS) is 19.7. The van der Waals surface area contributed by atoms with E-state index in [1.807, 2.05) is 6.07 Å². The third-order valence-corrected chi connectivity index (χ3v) is 6.46. The van der Waals surface area contributed by atoms with Crippen molar-refractivity contribution in [2.45, 2.75) is 51.3 Å². The number of hydrogen-bond acceptors (Lipinski definition) is 6. The van der Waals surface area contributed by atoms with E-state index in [0.717, 1.165) is 5.01 Å². The van der Waals surface area contributed by atoms with E-state index in [1.165, 1.54) is 11.3 Å². The van der Waals surface area contributed by atoms with Crippen molar-refractivity contribution in [1.29, 1.82) is 0 Å². The predicted octanol–water partition coefficient (Wildman–Crippen LogP) is 5.59. The van der Waals surface area contributed by atoms with Crippen molar-refractivity contribution < 1.29 is 22.7 Å². The predicted molar refractivity (Wildman–Crippen MR) is 106 cm³/mol. The molecule has 9 heteroatoms. The van der Waals surface area contributed by atoms with Crippen molar-refractivity contribution in [1.82, 2.24) is 15.0 Å². The Balaban J connectivity index is 1.51. The van der Waals surface area contributed by atoms with Crippen LogP contribution in [0.3, 0.4) is 0 Å². The monoisotopic (exact) mass is 435 g/mol. The molecule has 0 atom stereocenters. The molecule has 1 fully saturated rings. The van der Waals surface area contributed by atoms with Crippen molar-refractivity contribution >= 4 is 27.7 Å². The molecule has 1 saturated carbocycles. The van der Waals surface area contributed by atoms with Gasteiger partial charge in [0.05, 0.1) is 16.5 Å². The molecular formula is C21H20F3N3O2S. The van der Waals surface area contributed by atoms with E-state index in [2.05, 4.69) is 15.0 Å². The molecule has 30 heavy (non-hydrogen) atoms. The summed E-state index contributed by atoms with van der Waals surface area (Å²) in [5.74, 6) is -1.16. The number of alkyl halides is 3. The fraction of sp³-hybridized carbons (Fsp3) is 0.429. The number of carbonyl (C=O) groups is 1. The zero-order chi connectivity index (χ0) is 21.3. The Morgan fingerprint density at radius 2 is 1.80 bits per heavy atom. The molecule has 0 bridgehead atoms.